The summed E-state index contributed by atoms with van der Waals surface area (Å²) in [5, 5.41) is 6.44. The van der Waals surface area contributed by atoms with Gasteiger partial charge in [-0.2, -0.15) is 0 Å². The van der Waals surface area contributed by atoms with E-state index < -0.39 is 0 Å². The van der Waals surface area contributed by atoms with Gasteiger partial charge in [-0.1, -0.05) is 60.1 Å². The summed E-state index contributed by atoms with van der Waals surface area (Å²) in [4.78, 5) is 26.3. The first kappa shape index (κ1) is 19.2. The fourth-order valence-corrected chi connectivity index (χ4v) is 3.59. The average Bonchev–Trinajstić information content (AvgIpc) is 3.03. The van der Waals surface area contributed by atoms with Crippen molar-refractivity contribution in [3.8, 4) is 0 Å². The van der Waals surface area contributed by atoms with Crippen LogP contribution in [0.3, 0.4) is 0 Å². The molecule has 142 valence electrons. The van der Waals surface area contributed by atoms with Crippen molar-refractivity contribution in [1.29, 1.82) is 0 Å². The number of amides is 3. The fraction of sp³-hybridized carbons (Fsp3) is 0.333. The monoisotopic (exact) mass is 385 g/mol. The Bertz CT molecular complexity index is 797. The molecule has 0 radical (unpaired) electrons. The lowest BCUT2D eigenvalue weighted by Gasteiger charge is -2.25. The number of rotatable bonds is 6. The highest BCUT2D eigenvalue weighted by Crippen LogP contribution is 2.25. The third kappa shape index (κ3) is 5.01. The molecule has 0 saturated carbocycles. The van der Waals surface area contributed by atoms with E-state index in [4.69, 9.17) is 11.6 Å². The molecule has 3 rings (SSSR count). The second kappa shape index (κ2) is 8.91. The molecule has 1 heterocycles. The molecule has 2 N–H and O–H groups in total. The molecule has 3 amide bonds. The smallest absolute Gasteiger partial charge is 0.315 e. The Morgan fingerprint density at radius 1 is 1.19 bits per heavy atom. The summed E-state index contributed by atoms with van der Waals surface area (Å²) in [7, 11) is 0. The number of benzene rings is 2. The van der Waals surface area contributed by atoms with Gasteiger partial charge in [-0.3, -0.25) is 4.79 Å². The predicted molar refractivity (Wildman–Crippen MR) is 107 cm³/mol. The van der Waals surface area contributed by atoms with Gasteiger partial charge in [0.05, 0.1) is 12.1 Å². The summed E-state index contributed by atoms with van der Waals surface area (Å²) < 4.78 is 0. The van der Waals surface area contributed by atoms with Gasteiger partial charge < -0.3 is 15.5 Å². The lowest BCUT2D eigenvalue weighted by molar-refractivity contribution is -0.129. The number of carbonyl (C=O) groups excluding carboxylic acids is 2. The van der Waals surface area contributed by atoms with Crippen molar-refractivity contribution in [3.63, 3.8) is 0 Å². The minimum atomic E-state index is -0.255. The van der Waals surface area contributed by atoms with Crippen molar-refractivity contribution in [2.24, 2.45) is 0 Å². The van der Waals surface area contributed by atoms with Gasteiger partial charge in [0, 0.05) is 24.5 Å². The van der Waals surface area contributed by atoms with Crippen LogP contribution in [-0.4, -0.2) is 36.0 Å². The molecule has 27 heavy (non-hydrogen) atoms. The number of nitrogens with one attached hydrogen (secondary N) is 2. The van der Waals surface area contributed by atoms with Crippen LogP contribution < -0.4 is 10.6 Å². The van der Waals surface area contributed by atoms with Gasteiger partial charge in [0.2, 0.25) is 5.91 Å². The quantitative estimate of drug-likeness (QED) is 0.798. The predicted octanol–water partition coefficient (Wildman–Crippen LogP) is 3.54. The molecular formula is C21H24ClN3O2. The number of hydrogen-bond donors (Lipinski definition) is 2. The zero-order valence-corrected chi connectivity index (χ0v) is 16.1. The topological polar surface area (TPSA) is 61.4 Å². The Balaban J connectivity index is 1.46. The largest absolute Gasteiger partial charge is 0.338 e. The molecule has 5 nitrogen and oxygen atoms in total. The second-order valence-corrected chi connectivity index (χ2v) is 7.18. The summed E-state index contributed by atoms with van der Waals surface area (Å²) in [6.45, 7) is 3.02. The maximum atomic E-state index is 12.4. The molecule has 2 atom stereocenters. The molecule has 2 aromatic rings. The van der Waals surface area contributed by atoms with Crippen molar-refractivity contribution >= 4 is 23.5 Å². The zero-order valence-electron chi connectivity index (χ0n) is 15.3. The lowest BCUT2D eigenvalue weighted by atomic mass is 10.1. The van der Waals surface area contributed by atoms with Crippen molar-refractivity contribution < 1.29 is 9.59 Å². The van der Waals surface area contributed by atoms with Gasteiger partial charge in [-0.05, 0) is 30.5 Å². The normalized spacial score (nSPS) is 17.6. The molecule has 6 heteroatoms. The molecule has 2 unspecified atom stereocenters. The van der Waals surface area contributed by atoms with Crippen LogP contribution in [0.4, 0.5) is 4.79 Å². The zero-order chi connectivity index (χ0) is 19.2. The Morgan fingerprint density at radius 2 is 1.89 bits per heavy atom. The molecule has 1 aliphatic rings. The molecule has 0 aliphatic carbocycles. The van der Waals surface area contributed by atoms with Crippen LogP contribution in [0.25, 0.3) is 0 Å². The third-order valence-electron chi connectivity index (χ3n) is 4.88. The van der Waals surface area contributed by atoms with Gasteiger partial charge in [-0.15, -0.1) is 0 Å². The van der Waals surface area contributed by atoms with Crippen LogP contribution in [0, 0.1) is 0 Å². The minimum Gasteiger partial charge on any atom is -0.338 e. The van der Waals surface area contributed by atoms with Crippen LogP contribution in [0.1, 0.15) is 30.5 Å². The third-order valence-corrected chi connectivity index (χ3v) is 5.25. The summed E-state index contributed by atoms with van der Waals surface area (Å²) in [6.07, 6.45) is 0.989. The molecular weight excluding hydrogens is 362 g/mol. The van der Waals surface area contributed by atoms with E-state index in [1.807, 2.05) is 66.4 Å². The van der Waals surface area contributed by atoms with Gasteiger partial charge in [-0.25, -0.2) is 4.79 Å². The van der Waals surface area contributed by atoms with Crippen LogP contribution in [0.15, 0.2) is 54.6 Å². The van der Waals surface area contributed by atoms with Crippen LogP contribution in [0.2, 0.25) is 5.02 Å². The minimum absolute atomic E-state index is 0.00576. The number of halogens is 1. The number of urea groups is 1. The van der Waals surface area contributed by atoms with E-state index in [0.717, 1.165) is 11.1 Å². The maximum Gasteiger partial charge on any atom is 0.315 e. The first-order chi connectivity index (χ1) is 13.0. The summed E-state index contributed by atoms with van der Waals surface area (Å²) in [5.74, 6) is 0.0627. The van der Waals surface area contributed by atoms with E-state index in [0.29, 0.717) is 31.0 Å². The second-order valence-electron chi connectivity index (χ2n) is 6.78. The van der Waals surface area contributed by atoms with E-state index in [1.54, 1.807) is 0 Å². The van der Waals surface area contributed by atoms with Gasteiger partial charge in [0.25, 0.3) is 0 Å². The van der Waals surface area contributed by atoms with E-state index in [2.05, 4.69) is 10.6 Å². The average molecular weight is 386 g/mol. The molecule has 2 aromatic carbocycles. The highest BCUT2D eigenvalue weighted by Gasteiger charge is 2.33. The Labute approximate surface area is 164 Å². The number of hydrogen-bond acceptors (Lipinski definition) is 2. The van der Waals surface area contributed by atoms with E-state index in [-0.39, 0.29) is 24.0 Å². The standard InChI is InChI=1S/C21H24ClN3O2/c1-15(16-7-3-2-4-8-16)25-14-18(13-20(25)26)24-21(27)23-12-11-17-9-5-6-10-19(17)22/h2-10,15,18H,11-14H2,1H3,(H2,23,24,27). The number of likely N-dealkylation sites (tertiary alicyclic amines) is 1. The van der Waals surface area contributed by atoms with Gasteiger partial charge in [0.15, 0.2) is 0 Å². The van der Waals surface area contributed by atoms with E-state index >= 15 is 0 Å². The summed E-state index contributed by atoms with van der Waals surface area (Å²) >= 11 is 6.12. The SMILES string of the molecule is CC(c1ccccc1)N1CC(NC(=O)NCCc2ccccc2Cl)CC1=O. The molecule has 0 spiro atoms. The van der Waals surface area contributed by atoms with E-state index in [1.165, 1.54) is 0 Å². The molecule has 1 fully saturated rings. The number of carbonyl (C=O) groups is 2. The Kier molecular flexibility index (Phi) is 6.35. The van der Waals surface area contributed by atoms with Crippen LogP contribution >= 0.6 is 11.6 Å². The highest BCUT2D eigenvalue weighted by atomic mass is 35.5. The molecule has 1 aliphatic heterocycles. The molecule has 0 bridgehead atoms. The fourth-order valence-electron chi connectivity index (χ4n) is 3.36. The Hall–Kier alpha value is -2.53. The summed E-state index contributed by atoms with van der Waals surface area (Å²) in [5.41, 5.74) is 2.09. The molecule has 1 saturated heterocycles. The van der Waals surface area contributed by atoms with Crippen molar-refractivity contribution in [1.82, 2.24) is 15.5 Å². The van der Waals surface area contributed by atoms with E-state index in [9.17, 15) is 9.59 Å². The van der Waals surface area contributed by atoms with Gasteiger partial charge in [0.1, 0.15) is 0 Å². The van der Waals surface area contributed by atoms with Crippen molar-refractivity contribution in [2.45, 2.75) is 31.8 Å². The molecule has 0 aromatic heterocycles. The first-order valence-corrected chi connectivity index (χ1v) is 9.54. The number of nitrogens with zero attached hydrogens (tertiary/aromatic N) is 1. The highest BCUT2D eigenvalue weighted by molar-refractivity contribution is 6.31. The maximum absolute atomic E-state index is 12.4. The summed E-state index contributed by atoms with van der Waals surface area (Å²) in [6, 6.07) is 17.1. The van der Waals surface area contributed by atoms with Crippen LogP contribution in [-0.2, 0) is 11.2 Å². The Morgan fingerprint density at radius 3 is 2.63 bits per heavy atom. The first-order valence-electron chi connectivity index (χ1n) is 9.17. The lowest BCUT2D eigenvalue weighted by Crippen LogP contribution is -2.44. The van der Waals surface area contributed by atoms with Gasteiger partial charge >= 0.3 is 6.03 Å². The van der Waals surface area contributed by atoms with Crippen LogP contribution in [0.5, 0.6) is 0 Å². The van der Waals surface area contributed by atoms with Crippen molar-refractivity contribution in [3.05, 3.63) is 70.7 Å². The van der Waals surface area contributed by atoms with Crippen molar-refractivity contribution in [2.75, 3.05) is 13.1 Å².